The Kier molecular flexibility index (Phi) is 2.71. The zero-order valence-electron chi connectivity index (χ0n) is 10.6. The monoisotopic (exact) mass is 232 g/mol. The molecule has 0 amide bonds. The molecule has 0 aromatic heterocycles. The number of fused-ring (bicyclic) bond motifs is 2. The van der Waals surface area contributed by atoms with E-state index >= 15 is 0 Å². The van der Waals surface area contributed by atoms with Crippen LogP contribution >= 0.6 is 0 Å². The third kappa shape index (κ3) is 2.12. The number of morpholine rings is 1. The summed E-state index contributed by atoms with van der Waals surface area (Å²) in [5, 5.41) is 0. The molecule has 0 radical (unpaired) electrons. The Balaban J connectivity index is 1.81. The maximum Gasteiger partial charge on any atom is 0.0755 e. The lowest BCUT2D eigenvalue weighted by Gasteiger charge is -2.34. The van der Waals surface area contributed by atoms with Crippen LogP contribution in [0, 0.1) is 0 Å². The lowest BCUT2D eigenvalue weighted by atomic mass is 10.2. The number of ether oxygens (including phenoxy) is 1. The van der Waals surface area contributed by atoms with Gasteiger partial charge in [-0.25, -0.2) is 0 Å². The Bertz CT molecular complexity index is 393. The second-order valence-corrected chi connectivity index (χ2v) is 5.28. The maximum absolute atomic E-state index is 5.87. The molecule has 1 aromatic carbocycles. The SMILES string of the molecule is CN(C)c1cccc(N2CC3CCC(C2)O3)c1. The molecule has 0 aliphatic carbocycles. The standard InChI is InChI=1S/C14H20N2O/c1-15(2)11-4-3-5-12(8-11)16-9-13-6-7-14(10-16)17-13/h3-5,8,13-14H,6-7,9-10H2,1-2H3. The maximum atomic E-state index is 5.87. The summed E-state index contributed by atoms with van der Waals surface area (Å²) in [6, 6.07) is 8.77. The molecule has 0 N–H and O–H groups in total. The highest BCUT2D eigenvalue weighted by molar-refractivity contribution is 5.59. The zero-order chi connectivity index (χ0) is 11.8. The van der Waals surface area contributed by atoms with E-state index in [0.717, 1.165) is 13.1 Å². The van der Waals surface area contributed by atoms with Crippen molar-refractivity contribution >= 4 is 11.4 Å². The van der Waals surface area contributed by atoms with Crippen LogP contribution in [0.5, 0.6) is 0 Å². The summed E-state index contributed by atoms with van der Waals surface area (Å²) in [5.41, 5.74) is 2.60. The fourth-order valence-electron chi connectivity index (χ4n) is 2.79. The van der Waals surface area contributed by atoms with E-state index < -0.39 is 0 Å². The van der Waals surface area contributed by atoms with Crippen molar-refractivity contribution in [1.29, 1.82) is 0 Å². The van der Waals surface area contributed by atoms with Gasteiger partial charge in [0.25, 0.3) is 0 Å². The van der Waals surface area contributed by atoms with E-state index in [0.29, 0.717) is 12.2 Å². The molecule has 2 fully saturated rings. The highest BCUT2D eigenvalue weighted by Crippen LogP contribution is 2.30. The van der Waals surface area contributed by atoms with Gasteiger partial charge in [-0.15, -0.1) is 0 Å². The minimum atomic E-state index is 0.455. The Hall–Kier alpha value is -1.22. The van der Waals surface area contributed by atoms with Crippen molar-refractivity contribution in [1.82, 2.24) is 0 Å². The van der Waals surface area contributed by atoms with Crippen molar-refractivity contribution in [2.45, 2.75) is 25.0 Å². The van der Waals surface area contributed by atoms with Crippen molar-refractivity contribution in [3.8, 4) is 0 Å². The zero-order valence-corrected chi connectivity index (χ0v) is 10.6. The molecule has 2 heterocycles. The van der Waals surface area contributed by atoms with Crippen LogP contribution in [0.4, 0.5) is 11.4 Å². The summed E-state index contributed by atoms with van der Waals surface area (Å²) in [4.78, 5) is 4.62. The lowest BCUT2D eigenvalue weighted by molar-refractivity contribution is 0.0305. The topological polar surface area (TPSA) is 15.7 Å². The first-order valence-electron chi connectivity index (χ1n) is 6.40. The molecule has 2 aliphatic rings. The van der Waals surface area contributed by atoms with Crippen LogP contribution in [0.1, 0.15) is 12.8 Å². The minimum Gasteiger partial charge on any atom is -0.378 e. The first-order chi connectivity index (χ1) is 8.22. The quantitative estimate of drug-likeness (QED) is 0.777. The number of anilines is 2. The molecule has 3 nitrogen and oxygen atoms in total. The van der Waals surface area contributed by atoms with Gasteiger partial charge in [0, 0.05) is 38.6 Å². The largest absolute Gasteiger partial charge is 0.378 e. The highest BCUT2D eigenvalue weighted by Gasteiger charge is 2.33. The van der Waals surface area contributed by atoms with Gasteiger partial charge in [-0.3, -0.25) is 0 Å². The predicted octanol–water partition coefficient (Wildman–Crippen LogP) is 2.12. The van der Waals surface area contributed by atoms with Gasteiger partial charge in [0.1, 0.15) is 0 Å². The fourth-order valence-corrected chi connectivity index (χ4v) is 2.79. The fraction of sp³-hybridized carbons (Fsp3) is 0.571. The normalized spacial score (nSPS) is 27.3. The Morgan fingerprint density at radius 1 is 1.18 bits per heavy atom. The van der Waals surface area contributed by atoms with Crippen molar-refractivity contribution in [3.63, 3.8) is 0 Å². The highest BCUT2D eigenvalue weighted by atomic mass is 16.5. The number of nitrogens with zero attached hydrogens (tertiary/aromatic N) is 2. The van der Waals surface area contributed by atoms with Crippen LogP contribution < -0.4 is 9.80 Å². The van der Waals surface area contributed by atoms with E-state index in [4.69, 9.17) is 4.74 Å². The molecule has 2 saturated heterocycles. The molecule has 3 heteroatoms. The van der Waals surface area contributed by atoms with Gasteiger partial charge in [0.05, 0.1) is 12.2 Å². The Morgan fingerprint density at radius 3 is 2.53 bits per heavy atom. The molecule has 0 saturated carbocycles. The van der Waals surface area contributed by atoms with Crippen LogP contribution in [-0.4, -0.2) is 39.4 Å². The first kappa shape index (κ1) is 10.9. The molecule has 1 aromatic rings. The molecular weight excluding hydrogens is 212 g/mol. The molecule has 3 rings (SSSR count). The molecule has 2 aliphatic heterocycles. The van der Waals surface area contributed by atoms with E-state index in [9.17, 15) is 0 Å². The molecule has 92 valence electrons. The third-order valence-electron chi connectivity index (χ3n) is 3.75. The van der Waals surface area contributed by atoms with Gasteiger partial charge in [-0.1, -0.05) is 6.07 Å². The van der Waals surface area contributed by atoms with Crippen molar-refractivity contribution in [3.05, 3.63) is 24.3 Å². The lowest BCUT2D eigenvalue weighted by Crippen LogP contribution is -2.42. The summed E-state index contributed by atoms with van der Waals surface area (Å²) in [6.07, 6.45) is 3.37. The van der Waals surface area contributed by atoms with Crippen LogP contribution in [0.3, 0.4) is 0 Å². The summed E-state index contributed by atoms with van der Waals surface area (Å²) < 4.78 is 5.87. The van der Waals surface area contributed by atoms with Crippen molar-refractivity contribution in [2.75, 3.05) is 37.0 Å². The van der Waals surface area contributed by atoms with Crippen LogP contribution in [0.2, 0.25) is 0 Å². The van der Waals surface area contributed by atoms with E-state index in [1.54, 1.807) is 0 Å². The van der Waals surface area contributed by atoms with Gasteiger partial charge in [0.15, 0.2) is 0 Å². The average molecular weight is 232 g/mol. The number of hydrogen-bond acceptors (Lipinski definition) is 3. The Morgan fingerprint density at radius 2 is 1.88 bits per heavy atom. The predicted molar refractivity (Wildman–Crippen MR) is 70.9 cm³/mol. The van der Waals surface area contributed by atoms with E-state index in [1.165, 1.54) is 24.2 Å². The van der Waals surface area contributed by atoms with Crippen LogP contribution in [0.25, 0.3) is 0 Å². The average Bonchev–Trinajstić information content (AvgIpc) is 2.68. The van der Waals surface area contributed by atoms with E-state index in [-0.39, 0.29) is 0 Å². The first-order valence-corrected chi connectivity index (χ1v) is 6.40. The van der Waals surface area contributed by atoms with Crippen molar-refractivity contribution < 1.29 is 4.74 Å². The van der Waals surface area contributed by atoms with Gasteiger partial charge >= 0.3 is 0 Å². The van der Waals surface area contributed by atoms with Gasteiger partial charge in [-0.2, -0.15) is 0 Å². The van der Waals surface area contributed by atoms with Crippen LogP contribution in [-0.2, 0) is 4.74 Å². The summed E-state index contributed by atoms with van der Waals surface area (Å²) in [6.45, 7) is 2.10. The molecule has 17 heavy (non-hydrogen) atoms. The van der Waals surface area contributed by atoms with Crippen LogP contribution in [0.15, 0.2) is 24.3 Å². The minimum absolute atomic E-state index is 0.455. The summed E-state index contributed by atoms with van der Waals surface area (Å²) in [5.74, 6) is 0. The molecule has 2 unspecified atom stereocenters. The summed E-state index contributed by atoms with van der Waals surface area (Å²) in [7, 11) is 4.17. The summed E-state index contributed by atoms with van der Waals surface area (Å²) >= 11 is 0. The van der Waals surface area contributed by atoms with Gasteiger partial charge in [0.2, 0.25) is 0 Å². The Labute approximate surface area is 103 Å². The number of hydrogen-bond donors (Lipinski definition) is 0. The van der Waals surface area contributed by atoms with E-state index in [1.807, 2.05) is 0 Å². The second-order valence-electron chi connectivity index (χ2n) is 5.28. The number of rotatable bonds is 2. The third-order valence-corrected chi connectivity index (χ3v) is 3.75. The molecule has 2 bridgehead atoms. The van der Waals surface area contributed by atoms with Crippen molar-refractivity contribution in [2.24, 2.45) is 0 Å². The molecule has 0 spiro atoms. The second kappa shape index (κ2) is 4.22. The molecular formula is C14H20N2O. The van der Waals surface area contributed by atoms with Gasteiger partial charge < -0.3 is 14.5 Å². The molecule has 2 atom stereocenters. The van der Waals surface area contributed by atoms with Gasteiger partial charge in [-0.05, 0) is 31.0 Å². The number of benzene rings is 1. The van der Waals surface area contributed by atoms with E-state index in [2.05, 4.69) is 48.2 Å². The smallest absolute Gasteiger partial charge is 0.0755 e.